The Bertz CT molecular complexity index is 1320. The van der Waals surface area contributed by atoms with Crippen LogP contribution in [-0.2, 0) is 4.74 Å². The number of nitrogens with zero attached hydrogens (tertiary/aromatic N) is 4. The fourth-order valence-corrected chi connectivity index (χ4v) is 3.47. The van der Waals surface area contributed by atoms with Crippen LogP contribution in [0, 0.1) is 12.7 Å². The Hall–Kier alpha value is -4.27. The van der Waals surface area contributed by atoms with Gasteiger partial charge in [-0.05, 0) is 67.9 Å². The molecule has 2 amide bonds. The average molecular weight is 447 g/mol. The summed E-state index contributed by atoms with van der Waals surface area (Å²) in [5, 5.41) is 2.55. The summed E-state index contributed by atoms with van der Waals surface area (Å²) in [6.07, 6.45) is 2.68. The third-order valence-electron chi connectivity index (χ3n) is 5.14. The molecule has 2 heterocycles. The number of rotatable bonds is 5. The number of carbonyl (C=O) groups is 2. The Kier molecular flexibility index (Phi) is 6.03. The molecule has 2 aromatic carbocycles. The van der Waals surface area contributed by atoms with Crippen LogP contribution in [0.15, 0.2) is 61.1 Å². The van der Waals surface area contributed by atoms with E-state index in [1.807, 2.05) is 11.5 Å². The van der Waals surface area contributed by atoms with Crippen molar-refractivity contribution in [2.24, 2.45) is 0 Å². The maximum Gasteiger partial charge on any atom is 0.412 e. The van der Waals surface area contributed by atoms with Gasteiger partial charge in [-0.3, -0.25) is 14.7 Å². The number of amides is 2. The number of hydrogen-bond acceptors (Lipinski definition) is 5. The molecule has 0 spiro atoms. The molecule has 0 aliphatic heterocycles. The summed E-state index contributed by atoms with van der Waals surface area (Å²) in [7, 11) is 1.64. The van der Waals surface area contributed by atoms with Crippen molar-refractivity contribution in [2.75, 3.05) is 23.9 Å². The molecule has 0 saturated heterocycles. The highest BCUT2D eigenvalue weighted by molar-refractivity contribution is 6.07. The molecule has 0 unspecified atom stereocenters. The minimum absolute atomic E-state index is 0.230. The lowest BCUT2D eigenvalue weighted by Gasteiger charge is -2.18. The maximum absolute atomic E-state index is 13.2. The molecule has 0 bridgehead atoms. The highest BCUT2D eigenvalue weighted by Gasteiger charge is 2.17. The van der Waals surface area contributed by atoms with E-state index in [0.29, 0.717) is 22.8 Å². The normalized spacial score (nSPS) is 10.8. The monoisotopic (exact) mass is 447 g/mol. The lowest BCUT2D eigenvalue weighted by Crippen LogP contribution is -2.26. The minimum atomic E-state index is -0.574. The van der Waals surface area contributed by atoms with E-state index in [0.717, 1.165) is 16.6 Å². The van der Waals surface area contributed by atoms with Crippen molar-refractivity contribution in [3.63, 3.8) is 0 Å². The molecule has 0 aliphatic rings. The molecule has 0 fully saturated rings. The Morgan fingerprint density at radius 1 is 1.12 bits per heavy atom. The van der Waals surface area contributed by atoms with Crippen LogP contribution < -0.4 is 10.2 Å². The zero-order valence-electron chi connectivity index (χ0n) is 18.4. The fourth-order valence-electron chi connectivity index (χ4n) is 3.47. The lowest BCUT2D eigenvalue weighted by atomic mass is 10.1. The third kappa shape index (κ3) is 4.52. The first-order valence-electron chi connectivity index (χ1n) is 10.3. The fraction of sp³-hybridized carbons (Fsp3) is 0.167. The number of imidazole rings is 1. The molecule has 168 valence electrons. The first-order valence-corrected chi connectivity index (χ1v) is 10.3. The summed E-state index contributed by atoms with van der Waals surface area (Å²) >= 11 is 0. The van der Waals surface area contributed by atoms with Gasteiger partial charge in [0.2, 0.25) is 0 Å². The van der Waals surface area contributed by atoms with Gasteiger partial charge in [0.25, 0.3) is 5.91 Å². The van der Waals surface area contributed by atoms with Gasteiger partial charge in [-0.25, -0.2) is 19.2 Å². The maximum atomic E-state index is 13.2. The van der Waals surface area contributed by atoms with Crippen LogP contribution in [0.5, 0.6) is 0 Å². The van der Waals surface area contributed by atoms with E-state index in [1.165, 1.54) is 17.0 Å². The van der Waals surface area contributed by atoms with Crippen LogP contribution in [0.4, 0.5) is 20.7 Å². The SMILES string of the molecule is CCOC(=O)Nc1ccc(-n2cnc3c(C)cc(C(=O)N(C)c4ccc(F)cc4)cc32)cn1. The van der Waals surface area contributed by atoms with Crippen LogP contribution in [0.1, 0.15) is 22.8 Å². The molecule has 1 N–H and O–H groups in total. The van der Waals surface area contributed by atoms with Crippen molar-refractivity contribution in [1.29, 1.82) is 0 Å². The van der Waals surface area contributed by atoms with Crippen molar-refractivity contribution in [3.8, 4) is 5.69 Å². The van der Waals surface area contributed by atoms with Crippen molar-refractivity contribution in [3.05, 3.63) is 78.0 Å². The molecule has 33 heavy (non-hydrogen) atoms. The summed E-state index contributed by atoms with van der Waals surface area (Å²) in [6, 6.07) is 12.7. The topological polar surface area (TPSA) is 89.3 Å². The Labute approximate surface area is 189 Å². The third-order valence-corrected chi connectivity index (χ3v) is 5.14. The number of pyridine rings is 1. The van der Waals surface area contributed by atoms with Gasteiger partial charge in [-0.15, -0.1) is 0 Å². The lowest BCUT2D eigenvalue weighted by molar-refractivity contribution is 0.0993. The van der Waals surface area contributed by atoms with Gasteiger partial charge in [0.05, 0.1) is 29.5 Å². The Morgan fingerprint density at radius 2 is 1.88 bits per heavy atom. The van der Waals surface area contributed by atoms with E-state index >= 15 is 0 Å². The number of benzene rings is 2. The molecule has 0 atom stereocenters. The molecule has 0 radical (unpaired) electrons. The number of carbonyl (C=O) groups excluding carboxylic acids is 2. The van der Waals surface area contributed by atoms with Gasteiger partial charge < -0.3 is 9.64 Å². The van der Waals surface area contributed by atoms with Crippen molar-refractivity contribution in [2.45, 2.75) is 13.8 Å². The largest absolute Gasteiger partial charge is 0.450 e. The van der Waals surface area contributed by atoms with Crippen LogP contribution in [0.2, 0.25) is 0 Å². The summed E-state index contributed by atoms with van der Waals surface area (Å²) < 4.78 is 19.9. The predicted molar refractivity (Wildman–Crippen MR) is 123 cm³/mol. The molecule has 0 aliphatic carbocycles. The Balaban J connectivity index is 1.65. The predicted octanol–water partition coefficient (Wildman–Crippen LogP) is 4.71. The second-order valence-corrected chi connectivity index (χ2v) is 7.36. The van der Waals surface area contributed by atoms with Gasteiger partial charge in [0, 0.05) is 18.3 Å². The summed E-state index contributed by atoms with van der Waals surface area (Å²) in [5.41, 5.74) is 4.10. The second-order valence-electron chi connectivity index (χ2n) is 7.36. The number of nitrogens with one attached hydrogen (secondary N) is 1. The molecular formula is C24H22FN5O3. The number of halogens is 1. The van der Waals surface area contributed by atoms with Crippen LogP contribution in [0.3, 0.4) is 0 Å². The summed E-state index contributed by atoms with van der Waals surface area (Å²) in [6.45, 7) is 3.87. The first kappa shape index (κ1) is 21.9. The van der Waals surface area contributed by atoms with Crippen LogP contribution >= 0.6 is 0 Å². The summed E-state index contributed by atoms with van der Waals surface area (Å²) in [5.74, 6) is -0.237. The zero-order valence-corrected chi connectivity index (χ0v) is 18.4. The van der Waals surface area contributed by atoms with E-state index in [4.69, 9.17) is 4.74 Å². The summed E-state index contributed by atoms with van der Waals surface area (Å²) in [4.78, 5) is 34.9. The number of aromatic nitrogens is 3. The molecule has 9 heteroatoms. The molecule has 4 rings (SSSR count). The van der Waals surface area contributed by atoms with Crippen molar-refractivity contribution < 1.29 is 18.7 Å². The van der Waals surface area contributed by atoms with E-state index in [2.05, 4.69) is 15.3 Å². The van der Waals surface area contributed by atoms with Crippen molar-refractivity contribution in [1.82, 2.24) is 14.5 Å². The van der Waals surface area contributed by atoms with Gasteiger partial charge in [0.15, 0.2) is 0 Å². The van der Waals surface area contributed by atoms with Crippen molar-refractivity contribution >= 4 is 34.5 Å². The smallest absolute Gasteiger partial charge is 0.412 e. The van der Waals surface area contributed by atoms with Gasteiger partial charge in [0.1, 0.15) is 18.0 Å². The molecule has 0 saturated carbocycles. The van der Waals surface area contributed by atoms with Gasteiger partial charge in [-0.2, -0.15) is 0 Å². The minimum Gasteiger partial charge on any atom is -0.450 e. The van der Waals surface area contributed by atoms with Crippen LogP contribution in [-0.4, -0.2) is 40.2 Å². The standard InChI is InChI=1S/C24H22FN5O3/c1-4-33-24(32)28-21-10-9-19(13-26-21)30-14-27-22-15(2)11-16(12-20(22)30)23(31)29(3)18-7-5-17(25)6-8-18/h5-14H,4H2,1-3H3,(H,26,28,32). The molecule has 2 aromatic heterocycles. The Morgan fingerprint density at radius 3 is 2.55 bits per heavy atom. The van der Waals surface area contributed by atoms with E-state index < -0.39 is 6.09 Å². The molecule has 4 aromatic rings. The van der Waals surface area contributed by atoms with E-state index in [-0.39, 0.29) is 18.3 Å². The highest BCUT2D eigenvalue weighted by Crippen LogP contribution is 2.25. The van der Waals surface area contributed by atoms with E-state index in [1.54, 1.807) is 62.9 Å². The molecule has 8 nitrogen and oxygen atoms in total. The second kappa shape index (κ2) is 9.07. The zero-order chi connectivity index (χ0) is 23.5. The quantitative estimate of drug-likeness (QED) is 0.478. The number of hydrogen-bond donors (Lipinski definition) is 1. The number of ether oxygens (including phenoxy) is 1. The highest BCUT2D eigenvalue weighted by atomic mass is 19.1. The number of anilines is 2. The van der Waals surface area contributed by atoms with Crippen LogP contribution in [0.25, 0.3) is 16.7 Å². The first-order chi connectivity index (χ1) is 15.9. The van der Waals surface area contributed by atoms with E-state index in [9.17, 15) is 14.0 Å². The number of fused-ring (bicyclic) bond motifs is 1. The van der Waals surface area contributed by atoms with Gasteiger partial charge >= 0.3 is 6.09 Å². The average Bonchev–Trinajstić information content (AvgIpc) is 3.24. The number of aryl methyl sites for hydroxylation is 1. The molecular weight excluding hydrogens is 425 g/mol. The van der Waals surface area contributed by atoms with Gasteiger partial charge in [-0.1, -0.05) is 0 Å².